The number of hydrogen-bond acceptors (Lipinski definition) is 5. The van der Waals surface area contributed by atoms with Gasteiger partial charge in [0.15, 0.2) is 0 Å². The summed E-state index contributed by atoms with van der Waals surface area (Å²) in [6.45, 7) is 6.47. The molecule has 1 N–H and O–H groups in total. The van der Waals surface area contributed by atoms with Crippen LogP contribution < -0.4 is 10.2 Å². The van der Waals surface area contributed by atoms with E-state index in [0.717, 1.165) is 42.6 Å². The van der Waals surface area contributed by atoms with E-state index in [9.17, 15) is 24.4 Å². The standard InChI is InChI=1S/C9H22OS.C8H6O4.Ca/c1-4-7-11(10,8-5-2)9-6-3;9-7(10)5-2-1-3-6(4-5)8(11)12;/h10H,4-9H2,1-3H3;1-4H,(H,9,10)(H,11,12);/q;;+2/p-2. The molecule has 0 aliphatic rings. The minimum atomic E-state index is -1.40. The summed E-state index contributed by atoms with van der Waals surface area (Å²) in [5, 5.41) is 20.5. The summed E-state index contributed by atoms with van der Waals surface area (Å²) >= 11 is 0. The molecule has 1 aromatic carbocycles. The van der Waals surface area contributed by atoms with E-state index in [2.05, 4.69) is 20.8 Å². The normalized spacial score (nSPS) is 10.8. The predicted molar refractivity (Wildman–Crippen MR) is 96.6 cm³/mol. The van der Waals surface area contributed by atoms with Crippen molar-refractivity contribution in [2.24, 2.45) is 0 Å². The van der Waals surface area contributed by atoms with Gasteiger partial charge in [-0.2, -0.15) is 0 Å². The van der Waals surface area contributed by atoms with Crippen LogP contribution in [0.3, 0.4) is 0 Å². The minimum Gasteiger partial charge on any atom is -0.545 e. The molecule has 0 bridgehead atoms. The summed E-state index contributed by atoms with van der Waals surface area (Å²) in [5.41, 5.74) is -0.339. The summed E-state index contributed by atoms with van der Waals surface area (Å²) in [5.74, 6) is 0.342. The van der Waals surface area contributed by atoms with Crippen molar-refractivity contribution in [3.63, 3.8) is 0 Å². The fraction of sp³-hybridized carbons (Fsp3) is 0.529. The molecule has 0 aliphatic heterocycles. The van der Waals surface area contributed by atoms with Crippen LogP contribution in [0.4, 0.5) is 0 Å². The summed E-state index contributed by atoms with van der Waals surface area (Å²) in [7, 11) is -1.19. The zero-order valence-electron chi connectivity index (χ0n) is 14.7. The van der Waals surface area contributed by atoms with E-state index in [1.54, 1.807) is 0 Å². The maximum Gasteiger partial charge on any atom is 2.00 e. The van der Waals surface area contributed by atoms with Gasteiger partial charge in [0.05, 0.1) is 11.9 Å². The monoisotopic (exact) mass is 382 g/mol. The Labute approximate surface area is 176 Å². The van der Waals surface area contributed by atoms with Crippen molar-refractivity contribution in [3.8, 4) is 0 Å². The predicted octanol–water partition coefficient (Wildman–Crippen LogP) is 1.53. The SMILES string of the molecule is CCCS(O)(CCC)CCC.O=C([O-])c1cccc(C(=O)[O-])c1.[Ca+2]. The van der Waals surface area contributed by atoms with Gasteiger partial charge in [-0.1, -0.05) is 39.0 Å². The van der Waals surface area contributed by atoms with Crippen LogP contribution in [0.25, 0.3) is 0 Å². The first-order valence-electron chi connectivity index (χ1n) is 7.81. The molecule has 0 aromatic heterocycles. The van der Waals surface area contributed by atoms with Crippen molar-refractivity contribution >= 4 is 60.0 Å². The zero-order valence-corrected chi connectivity index (χ0v) is 17.8. The van der Waals surface area contributed by atoms with E-state index in [1.165, 1.54) is 18.2 Å². The third-order valence-corrected chi connectivity index (χ3v) is 6.59. The van der Waals surface area contributed by atoms with Crippen LogP contribution in [0.15, 0.2) is 24.3 Å². The van der Waals surface area contributed by atoms with E-state index in [-0.39, 0.29) is 48.9 Å². The average molecular weight is 383 g/mol. The molecule has 132 valence electrons. The van der Waals surface area contributed by atoms with E-state index in [0.29, 0.717) is 0 Å². The Hall–Kier alpha value is -0.270. The van der Waals surface area contributed by atoms with Crippen LogP contribution in [0.1, 0.15) is 60.7 Å². The molecular weight excluding hydrogens is 356 g/mol. The number of carbonyl (C=O) groups is 2. The Balaban J connectivity index is 0. The van der Waals surface area contributed by atoms with E-state index >= 15 is 0 Å². The summed E-state index contributed by atoms with van der Waals surface area (Å²) < 4.78 is 10.1. The van der Waals surface area contributed by atoms with Crippen molar-refractivity contribution < 1.29 is 24.4 Å². The number of rotatable bonds is 8. The molecule has 0 aliphatic carbocycles. The zero-order chi connectivity index (χ0) is 17.9. The van der Waals surface area contributed by atoms with Gasteiger partial charge < -0.3 is 24.4 Å². The molecule has 24 heavy (non-hydrogen) atoms. The van der Waals surface area contributed by atoms with Gasteiger partial charge in [-0.3, -0.25) is 0 Å². The second-order valence-electron chi connectivity index (χ2n) is 5.27. The summed E-state index contributed by atoms with van der Waals surface area (Å²) in [4.78, 5) is 20.5. The first-order valence-corrected chi connectivity index (χ1v) is 9.90. The second kappa shape index (κ2) is 14.0. The van der Waals surface area contributed by atoms with Crippen molar-refractivity contribution in [3.05, 3.63) is 35.4 Å². The van der Waals surface area contributed by atoms with Gasteiger partial charge in [-0.15, -0.1) is 10.3 Å². The molecule has 0 radical (unpaired) electrons. The molecule has 0 spiro atoms. The molecule has 7 heteroatoms. The largest absolute Gasteiger partial charge is 2.00 e. The van der Waals surface area contributed by atoms with Gasteiger partial charge in [-0.05, 0) is 53.7 Å². The molecule has 0 heterocycles. The smallest absolute Gasteiger partial charge is 0.545 e. The number of carboxylic acid groups (broad SMARTS) is 2. The van der Waals surface area contributed by atoms with E-state index < -0.39 is 22.2 Å². The van der Waals surface area contributed by atoms with Gasteiger partial charge >= 0.3 is 37.7 Å². The molecule has 5 nitrogen and oxygen atoms in total. The Kier molecular flexibility index (Phi) is 15.1. The average Bonchev–Trinajstić information content (AvgIpc) is 2.48. The van der Waals surface area contributed by atoms with Crippen LogP contribution in [-0.4, -0.2) is 71.5 Å². The molecule has 0 saturated carbocycles. The van der Waals surface area contributed by atoms with Crippen LogP contribution >= 0.6 is 10.3 Å². The summed E-state index contributed by atoms with van der Waals surface area (Å²) in [6.07, 6.45) is 3.39. The third kappa shape index (κ3) is 10.6. The quantitative estimate of drug-likeness (QED) is 0.687. The maximum absolute atomic E-state index is 10.3. The fourth-order valence-electron chi connectivity index (χ4n) is 2.22. The Bertz CT molecular complexity index is 461. The van der Waals surface area contributed by atoms with Gasteiger partial charge in [0.1, 0.15) is 0 Å². The third-order valence-electron chi connectivity index (χ3n) is 3.09. The molecule has 0 amide bonds. The molecule has 0 fully saturated rings. The number of benzene rings is 1. The number of hydrogen-bond donors (Lipinski definition) is 1. The number of carboxylic acids is 2. The Morgan fingerprint density at radius 2 is 1.25 bits per heavy atom. The molecule has 0 unspecified atom stereocenters. The van der Waals surface area contributed by atoms with Gasteiger partial charge in [0.25, 0.3) is 0 Å². The molecular formula is C17H26CaO5S. The molecule has 0 saturated heterocycles. The van der Waals surface area contributed by atoms with Crippen LogP contribution in [-0.2, 0) is 0 Å². The Morgan fingerprint density at radius 1 is 0.917 bits per heavy atom. The first-order chi connectivity index (χ1) is 10.8. The molecule has 1 aromatic rings. The minimum absolute atomic E-state index is 0. The van der Waals surface area contributed by atoms with Crippen molar-refractivity contribution in [1.82, 2.24) is 0 Å². The van der Waals surface area contributed by atoms with Crippen molar-refractivity contribution in [2.75, 3.05) is 17.3 Å². The van der Waals surface area contributed by atoms with Gasteiger partial charge in [0, 0.05) is 0 Å². The fourth-order valence-corrected chi connectivity index (χ4v) is 5.11. The number of aromatic carboxylic acids is 2. The van der Waals surface area contributed by atoms with E-state index in [1.807, 2.05) is 0 Å². The van der Waals surface area contributed by atoms with Crippen molar-refractivity contribution in [1.29, 1.82) is 0 Å². The van der Waals surface area contributed by atoms with Gasteiger partial charge in [-0.25, -0.2) is 0 Å². The molecule has 0 atom stereocenters. The Morgan fingerprint density at radius 3 is 1.50 bits per heavy atom. The van der Waals surface area contributed by atoms with E-state index in [4.69, 9.17) is 0 Å². The number of carbonyl (C=O) groups excluding carboxylic acids is 2. The van der Waals surface area contributed by atoms with Gasteiger partial charge in [0.2, 0.25) is 0 Å². The topological polar surface area (TPSA) is 100 Å². The van der Waals surface area contributed by atoms with Crippen molar-refractivity contribution in [2.45, 2.75) is 40.0 Å². The summed E-state index contributed by atoms with van der Waals surface area (Å²) in [6, 6.07) is 4.81. The molecule has 1 rings (SSSR count). The van der Waals surface area contributed by atoms with Crippen LogP contribution in [0, 0.1) is 0 Å². The second-order valence-corrected chi connectivity index (χ2v) is 8.49. The van der Waals surface area contributed by atoms with Crippen LogP contribution in [0.2, 0.25) is 0 Å². The first kappa shape index (κ1) is 26.0. The maximum atomic E-state index is 10.3. The van der Waals surface area contributed by atoms with Crippen LogP contribution in [0.5, 0.6) is 0 Å².